The second-order valence-corrected chi connectivity index (χ2v) is 4.81. The first-order valence-electron chi connectivity index (χ1n) is 5.44. The first-order chi connectivity index (χ1) is 9.25. The van der Waals surface area contributed by atoms with Gasteiger partial charge in [0, 0.05) is 17.8 Å². The number of rotatable bonds is 2. The Morgan fingerprint density at radius 1 is 1.10 bits per heavy atom. The summed E-state index contributed by atoms with van der Waals surface area (Å²) in [4.78, 5) is 3.95. The van der Waals surface area contributed by atoms with Crippen molar-refractivity contribution in [1.82, 2.24) is 4.98 Å². The van der Waals surface area contributed by atoms with Crippen molar-refractivity contribution in [2.75, 3.05) is 0 Å². The van der Waals surface area contributed by atoms with Gasteiger partial charge in [0.05, 0.1) is 10.6 Å². The summed E-state index contributed by atoms with van der Waals surface area (Å²) in [6, 6.07) is 5.92. The van der Waals surface area contributed by atoms with Crippen LogP contribution in [-0.2, 0) is 6.18 Å². The molecule has 7 heteroatoms. The van der Waals surface area contributed by atoms with Crippen molar-refractivity contribution in [2.24, 2.45) is 0 Å². The third-order valence-electron chi connectivity index (χ3n) is 2.38. The van der Waals surface area contributed by atoms with Gasteiger partial charge in [-0.3, -0.25) is 0 Å². The third-order valence-corrected chi connectivity index (χ3v) is 2.87. The predicted octanol–water partition coefficient (Wildman–Crippen LogP) is 5.51. The van der Waals surface area contributed by atoms with Gasteiger partial charge in [0.15, 0.2) is 0 Å². The van der Waals surface area contributed by atoms with Crippen LogP contribution in [0.25, 0.3) is 0 Å². The van der Waals surface area contributed by atoms with Gasteiger partial charge in [-0.25, -0.2) is 4.98 Å². The Morgan fingerprint density at radius 3 is 2.35 bits per heavy atom. The van der Waals surface area contributed by atoms with Crippen molar-refractivity contribution in [1.29, 1.82) is 0 Å². The van der Waals surface area contributed by atoms with E-state index in [2.05, 4.69) is 4.98 Å². The Labute approximate surface area is 123 Å². The van der Waals surface area contributed by atoms with E-state index >= 15 is 0 Å². The molecule has 2 aromatic rings. The molecule has 0 fully saturated rings. The van der Waals surface area contributed by atoms with E-state index in [0.29, 0.717) is 11.4 Å². The van der Waals surface area contributed by atoms with Gasteiger partial charge in [-0.2, -0.15) is 13.2 Å². The van der Waals surface area contributed by atoms with Crippen LogP contribution in [0.4, 0.5) is 13.2 Å². The molecule has 106 valence electrons. The second-order valence-electron chi connectivity index (χ2n) is 4.01. The maximum atomic E-state index is 12.5. The molecular formula is C13H8Cl2F3NO. The topological polar surface area (TPSA) is 22.1 Å². The summed E-state index contributed by atoms with van der Waals surface area (Å²) in [5, 5.41) is 0.0912. The zero-order valence-corrected chi connectivity index (χ0v) is 11.6. The van der Waals surface area contributed by atoms with Crippen LogP contribution in [0, 0.1) is 6.92 Å². The molecule has 2 nitrogen and oxygen atoms in total. The minimum atomic E-state index is -4.45. The maximum absolute atomic E-state index is 12.5. The van der Waals surface area contributed by atoms with Crippen molar-refractivity contribution in [3.05, 3.63) is 51.8 Å². The highest BCUT2D eigenvalue weighted by atomic mass is 35.5. The van der Waals surface area contributed by atoms with Crippen molar-refractivity contribution >= 4 is 23.2 Å². The van der Waals surface area contributed by atoms with Crippen molar-refractivity contribution in [3.8, 4) is 11.5 Å². The molecule has 0 saturated heterocycles. The van der Waals surface area contributed by atoms with Crippen LogP contribution < -0.4 is 4.74 Å². The maximum Gasteiger partial charge on any atom is 0.416 e. The van der Waals surface area contributed by atoms with Gasteiger partial charge in [-0.05, 0) is 25.1 Å². The highest BCUT2D eigenvalue weighted by Crippen LogP contribution is 2.36. The SMILES string of the molecule is Cc1cc(Oc2ccc(C(F)(F)F)cc2Cl)cc(Cl)n1. The molecule has 0 aliphatic carbocycles. The quantitative estimate of drug-likeness (QED) is 0.680. The molecular weight excluding hydrogens is 314 g/mol. The van der Waals surface area contributed by atoms with Crippen LogP contribution in [0.3, 0.4) is 0 Å². The molecule has 0 atom stereocenters. The molecule has 0 amide bonds. The summed E-state index contributed by atoms with van der Waals surface area (Å²) < 4.78 is 42.9. The van der Waals surface area contributed by atoms with E-state index in [0.717, 1.165) is 18.2 Å². The Kier molecular flexibility index (Phi) is 4.11. The summed E-state index contributed by atoms with van der Waals surface area (Å²) in [7, 11) is 0. The van der Waals surface area contributed by atoms with E-state index in [1.807, 2.05) is 0 Å². The average Bonchev–Trinajstić information content (AvgIpc) is 2.29. The minimum absolute atomic E-state index is 0.112. The zero-order valence-electron chi connectivity index (χ0n) is 10.1. The van der Waals surface area contributed by atoms with Gasteiger partial charge in [0.2, 0.25) is 0 Å². The molecule has 0 aliphatic heterocycles. The fourth-order valence-electron chi connectivity index (χ4n) is 1.54. The molecule has 0 saturated carbocycles. The lowest BCUT2D eigenvalue weighted by Gasteiger charge is -2.11. The van der Waals surface area contributed by atoms with Crippen molar-refractivity contribution < 1.29 is 17.9 Å². The van der Waals surface area contributed by atoms with E-state index in [1.165, 1.54) is 6.07 Å². The summed E-state index contributed by atoms with van der Waals surface area (Å²) in [5.74, 6) is 0.463. The van der Waals surface area contributed by atoms with E-state index in [-0.39, 0.29) is 15.9 Å². The number of alkyl halides is 3. The number of hydrogen-bond acceptors (Lipinski definition) is 2. The van der Waals surface area contributed by atoms with E-state index in [1.54, 1.807) is 13.0 Å². The molecule has 0 unspecified atom stereocenters. The number of hydrogen-bond donors (Lipinski definition) is 0. The number of pyridine rings is 1. The molecule has 1 aromatic carbocycles. The number of aryl methyl sites for hydroxylation is 1. The van der Waals surface area contributed by atoms with Gasteiger partial charge >= 0.3 is 6.18 Å². The summed E-state index contributed by atoms with van der Waals surface area (Å²) in [6.45, 7) is 1.72. The predicted molar refractivity (Wildman–Crippen MR) is 70.5 cm³/mol. The van der Waals surface area contributed by atoms with E-state index < -0.39 is 11.7 Å². The van der Waals surface area contributed by atoms with Gasteiger partial charge in [0.1, 0.15) is 16.7 Å². The number of halogens is 5. The normalized spacial score (nSPS) is 11.5. The number of ether oxygens (including phenoxy) is 1. The summed E-state index contributed by atoms with van der Waals surface area (Å²) in [6.07, 6.45) is -4.45. The Balaban J connectivity index is 2.30. The first-order valence-corrected chi connectivity index (χ1v) is 6.20. The van der Waals surface area contributed by atoms with Gasteiger partial charge in [-0.15, -0.1) is 0 Å². The van der Waals surface area contributed by atoms with Crippen molar-refractivity contribution in [3.63, 3.8) is 0 Å². The van der Waals surface area contributed by atoms with Crippen LogP contribution >= 0.6 is 23.2 Å². The lowest BCUT2D eigenvalue weighted by Crippen LogP contribution is -2.04. The van der Waals surface area contributed by atoms with Crippen LogP contribution in [0.2, 0.25) is 10.2 Å². The molecule has 0 N–H and O–H groups in total. The lowest BCUT2D eigenvalue weighted by atomic mass is 10.2. The number of nitrogens with zero attached hydrogens (tertiary/aromatic N) is 1. The fraction of sp³-hybridized carbons (Fsp3) is 0.154. The van der Waals surface area contributed by atoms with Crippen LogP contribution in [-0.4, -0.2) is 4.98 Å². The molecule has 0 aliphatic rings. The summed E-state index contributed by atoms with van der Waals surface area (Å²) >= 11 is 11.6. The molecule has 0 bridgehead atoms. The fourth-order valence-corrected chi connectivity index (χ4v) is 2.00. The first kappa shape index (κ1) is 14.9. The highest BCUT2D eigenvalue weighted by molar-refractivity contribution is 6.32. The Bertz CT molecular complexity index is 624. The standard InChI is InChI=1S/C13H8Cl2F3NO/c1-7-4-9(6-12(15)19-7)20-11-3-2-8(5-10(11)14)13(16,17)18/h2-6H,1H3. The van der Waals surface area contributed by atoms with E-state index in [9.17, 15) is 13.2 Å². The minimum Gasteiger partial charge on any atom is -0.456 e. The van der Waals surface area contributed by atoms with Gasteiger partial charge in [0.25, 0.3) is 0 Å². The van der Waals surface area contributed by atoms with Gasteiger partial charge < -0.3 is 4.74 Å². The monoisotopic (exact) mass is 321 g/mol. The number of benzene rings is 1. The molecule has 0 radical (unpaired) electrons. The highest BCUT2D eigenvalue weighted by Gasteiger charge is 2.31. The summed E-state index contributed by atoms with van der Waals surface area (Å²) in [5.41, 5.74) is -0.214. The van der Waals surface area contributed by atoms with Gasteiger partial charge in [-0.1, -0.05) is 23.2 Å². The molecule has 20 heavy (non-hydrogen) atoms. The molecule has 2 rings (SSSR count). The zero-order chi connectivity index (χ0) is 14.9. The Hall–Kier alpha value is -1.46. The Morgan fingerprint density at radius 2 is 1.80 bits per heavy atom. The molecule has 0 spiro atoms. The van der Waals surface area contributed by atoms with Crippen LogP contribution in [0.1, 0.15) is 11.3 Å². The molecule has 1 heterocycles. The lowest BCUT2D eigenvalue weighted by molar-refractivity contribution is -0.137. The molecule has 1 aromatic heterocycles. The van der Waals surface area contributed by atoms with Crippen molar-refractivity contribution in [2.45, 2.75) is 13.1 Å². The van der Waals surface area contributed by atoms with E-state index in [4.69, 9.17) is 27.9 Å². The number of aromatic nitrogens is 1. The largest absolute Gasteiger partial charge is 0.456 e. The smallest absolute Gasteiger partial charge is 0.416 e. The van der Waals surface area contributed by atoms with Crippen LogP contribution in [0.5, 0.6) is 11.5 Å². The second kappa shape index (κ2) is 5.50. The average molecular weight is 322 g/mol. The van der Waals surface area contributed by atoms with Crippen LogP contribution in [0.15, 0.2) is 30.3 Å². The third kappa shape index (κ3) is 3.55.